The lowest BCUT2D eigenvalue weighted by molar-refractivity contribution is -0.123. The second kappa shape index (κ2) is 9.34. The van der Waals surface area contributed by atoms with E-state index in [9.17, 15) is 14.0 Å². The molecule has 0 radical (unpaired) electrons. The van der Waals surface area contributed by atoms with E-state index < -0.39 is 11.7 Å². The summed E-state index contributed by atoms with van der Waals surface area (Å²) >= 11 is 0. The second-order valence-electron chi connectivity index (χ2n) is 7.08. The number of nitrogens with one attached hydrogen (secondary N) is 1. The average Bonchev–Trinajstić information content (AvgIpc) is 2.82. The largest absolute Gasteiger partial charge is 0.496 e. The minimum Gasteiger partial charge on any atom is -0.496 e. The van der Waals surface area contributed by atoms with E-state index >= 15 is 0 Å². The molecule has 1 aliphatic heterocycles. The van der Waals surface area contributed by atoms with Gasteiger partial charge < -0.3 is 14.8 Å². The van der Waals surface area contributed by atoms with Crippen LogP contribution in [0.15, 0.2) is 78.6 Å². The standard InChI is InChI=1S/C25H21FN2O4/c1-31-21-12-6-3-9-18(21)15-27-24(29)16-28-20-11-5-7-13-22(20)32-23(25(28)30)14-17-8-2-4-10-19(17)26/h2-14H,15-16H2,1H3,(H,27,29)/b23-14+. The molecule has 0 saturated heterocycles. The fourth-order valence-corrected chi connectivity index (χ4v) is 3.39. The molecule has 0 unspecified atom stereocenters. The molecule has 6 nitrogen and oxygen atoms in total. The number of carbonyl (C=O) groups is 2. The lowest BCUT2D eigenvalue weighted by Gasteiger charge is -2.30. The Kier molecular flexibility index (Phi) is 6.17. The van der Waals surface area contributed by atoms with Crippen molar-refractivity contribution >= 4 is 23.6 Å². The highest BCUT2D eigenvalue weighted by atomic mass is 19.1. The molecule has 7 heteroatoms. The van der Waals surface area contributed by atoms with Gasteiger partial charge in [-0.15, -0.1) is 0 Å². The Hall–Kier alpha value is -4.13. The van der Waals surface area contributed by atoms with Crippen molar-refractivity contribution in [1.82, 2.24) is 5.32 Å². The summed E-state index contributed by atoms with van der Waals surface area (Å²) in [7, 11) is 1.56. The van der Waals surface area contributed by atoms with Gasteiger partial charge in [-0.1, -0.05) is 48.5 Å². The summed E-state index contributed by atoms with van der Waals surface area (Å²) in [5.74, 6) is -0.351. The van der Waals surface area contributed by atoms with Crippen LogP contribution < -0.4 is 19.7 Å². The van der Waals surface area contributed by atoms with Crippen LogP contribution in [0.1, 0.15) is 11.1 Å². The summed E-state index contributed by atoms with van der Waals surface area (Å²) < 4.78 is 25.1. The van der Waals surface area contributed by atoms with Gasteiger partial charge >= 0.3 is 0 Å². The van der Waals surface area contributed by atoms with Gasteiger partial charge in [0.2, 0.25) is 5.91 Å². The first-order chi connectivity index (χ1) is 15.6. The number of halogens is 1. The zero-order valence-electron chi connectivity index (χ0n) is 17.4. The maximum Gasteiger partial charge on any atom is 0.294 e. The quantitative estimate of drug-likeness (QED) is 0.600. The number of nitrogens with zero attached hydrogens (tertiary/aromatic N) is 1. The molecule has 0 saturated carbocycles. The van der Waals surface area contributed by atoms with E-state index in [0.717, 1.165) is 5.56 Å². The fraction of sp³-hybridized carbons (Fsp3) is 0.120. The zero-order valence-corrected chi connectivity index (χ0v) is 17.4. The highest BCUT2D eigenvalue weighted by Crippen LogP contribution is 2.35. The number of ether oxygens (including phenoxy) is 2. The van der Waals surface area contributed by atoms with Gasteiger partial charge in [-0.2, -0.15) is 0 Å². The first-order valence-electron chi connectivity index (χ1n) is 10.0. The molecule has 1 aliphatic rings. The average molecular weight is 432 g/mol. The highest BCUT2D eigenvalue weighted by Gasteiger charge is 2.31. The van der Waals surface area contributed by atoms with Gasteiger partial charge in [0.15, 0.2) is 11.5 Å². The molecule has 2 amide bonds. The Balaban J connectivity index is 1.56. The van der Waals surface area contributed by atoms with Crippen LogP contribution in [0.3, 0.4) is 0 Å². The SMILES string of the molecule is COc1ccccc1CNC(=O)CN1C(=O)/C(=C\c2ccccc2F)Oc2ccccc21. The molecule has 0 aliphatic carbocycles. The third-order valence-electron chi connectivity index (χ3n) is 4.99. The Labute approximate surface area is 184 Å². The maximum atomic E-state index is 14.1. The number of anilines is 1. The second-order valence-corrected chi connectivity index (χ2v) is 7.08. The smallest absolute Gasteiger partial charge is 0.294 e. The molecule has 1 heterocycles. The van der Waals surface area contributed by atoms with Crippen LogP contribution in [0.2, 0.25) is 0 Å². The first kappa shape index (κ1) is 21.1. The molecule has 0 spiro atoms. The first-order valence-corrected chi connectivity index (χ1v) is 10.0. The van der Waals surface area contributed by atoms with E-state index in [1.165, 1.54) is 17.0 Å². The van der Waals surface area contributed by atoms with Gasteiger partial charge in [0, 0.05) is 17.7 Å². The van der Waals surface area contributed by atoms with Crippen LogP contribution in [0, 0.1) is 5.82 Å². The number of fused-ring (bicyclic) bond motifs is 1. The molecule has 162 valence electrons. The minimum absolute atomic E-state index is 0.0636. The van der Waals surface area contributed by atoms with Crippen LogP contribution in [-0.4, -0.2) is 25.5 Å². The Bertz CT molecular complexity index is 1190. The zero-order chi connectivity index (χ0) is 22.5. The number of para-hydroxylation sites is 3. The molecule has 0 bridgehead atoms. The van der Waals surface area contributed by atoms with Crippen LogP contribution in [0.25, 0.3) is 6.08 Å². The van der Waals surface area contributed by atoms with E-state index in [0.29, 0.717) is 17.2 Å². The van der Waals surface area contributed by atoms with Crippen LogP contribution in [0.5, 0.6) is 11.5 Å². The summed E-state index contributed by atoms with van der Waals surface area (Å²) in [5.41, 5.74) is 1.50. The number of hydrogen-bond donors (Lipinski definition) is 1. The molecular weight excluding hydrogens is 411 g/mol. The number of methoxy groups -OCH3 is 1. The van der Waals surface area contributed by atoms with E-state index in [-0.39, 0.29) is 30.3 Å². The third-order valence-corrected chi connectivity index (χ3v) is 4.99. The number of carbonyl (C=O) groups excluding carboxylic acids is 2. The molecule has 4 rings (SSSR count). The molecule has 0 fully saturated rings. The van der Waals surface area contributed by atoms with Crippen LogP contribution in [0.4, 0.5) is 10.1 Å². The van der Waals surface area contributed by atoms with Crippen LogP contribution >= 0.6 is 0 Å². The molecule has 3 aromatic carbocycles. The van der Waals surface area contributed by atoms with Crippen molar-refractivity contribution in [2.45, 2.75) is 6.54 Å². The molecule has 3 aromatic rings. The predicted molar refractivity (Wildman–Crippen MR) is 119 cm³/mol. The van der Waals surface area contributed by atoms with E-state index in [1.807, 2.05) is 24.3 Å². The Morgan fingerprint density at radius 2 is 1.78 bits per heavy atom. The van der Waals surface area contributed by atoms with Crippen molar-refractivity contribution in [3.63, 3.8) is 0 Å². The van der Waals surface area contributed by atoms with Crippen LogP contribution in [-0.2, 0) is 16.1 Å². The topological polar surface area (TPSA) is 67.9 Å². The number of amides is 2. The summed E-state index contributed by atoms with van der Waals surface area (Å²) in [6, 6.07) is 20.3. The van der Waals surface area contributed by atoms with E-state index in [2.05, 4.69) is 5.32 Å². The van der Waals surface area contributed by atoms with Gasteiger partial charge in [-0.05, 0) is 30.3 Å². The molecule has 1 N–H and O–H groups in total. The number of benzene rings is 3. The van der Waals surface area contributed by atoms with Crippen molar-refractivity contribution in [3.8, 4) is 11.5 Å². The molecule has 32 heavy (non-hydrogen) atoms. The van der Waals surface area contributed by atoms with Crippen molar-refractivity contribution in [3.05, 3.63) is 95.5 Å². The lowest BCUT2D eigenvalue weighted by Crippen LogP contribution is -2.44. The van der Waals surface area contributed by atoms with E-state index in [1.54, 1.807) is 49.6 Å². The van der Waals surface area contributed by atoms with Gasteiger partial charge in [-0.25, -0.2) is 4.39 Å². The summed E-state index contributed by atoms with van der Waals surface area (Å²) in [6.07, 6.45) is 1.34. The van der Waals surface area contributed by atoms with Crippen molar-refractivity contribution < 1.29 is 23.5 Å². The van der Waals surface area contributed by atoms with Gasteiger partial charge in [0.25, 0.3) is 5.91 Å². The predicted octanol–water partition coefficient (Wildman–Crippen LogP) is 3.92. The van der Waals surface area contributed by atoms with Gasteiger partial charge in [0.1, 0.15) is 18.1 Å². The number of hydrogen-bond acceptors (Lipinski definition) is 4. The van der Waals surface area contributed by atoms with Gasteiger partial charge in [0.05, 0.1) is 12.8 Å². The minimum atomic E-state index is -0.528. The lowest BCUT2D eigenvalue weighted by atomic mass is 10.1. The Morgan fingerprint density at radius 1 is 1.06 bits per heavy atom. The monoisotopic (exact) mass is 432 g/mol. The summed E-state index contributed by atoms with van der Waals surface area (Å²) in [4.78, 5) is 27.1. The Morgan fingerprint density at radius 3 is 2.59 bits per heavy atom. The summed E-state index contributed by atoms with van der Waals surface area (Å²) in [5, 5.41) is 2.81. The molecule has 0 atom stereocenters. The normalized spacial score (nSPS) is 14.0. The highest BCUT2D eigenvalue weighted by molar-refractivity contribution is 6.12. The molecular formula is C25H21FN2O4. The summed E-state index contributed by atoms with van der Waals surface area (Å²) in [6.45, 7) is 0.0317. The van der Waals surface area contributed by atoms with E-state index in [4.69, 9.17) is 9.47 Å². The van der Waals surface area contributed by atoms with Crippen molar-refractivity contribution in [2.75, 3.05) is 18.6 Å². The fourth-order valence-electron chi connectivity index (χ4n) is 3.39. The van der Waals surface area contributed by atoms with Crippen molar-refractivity contribution in [1.29, 1.82) is 0 Å². The maximum absolute atomic E-state index is 14.1. The third kappa shape index (κ3) is 4.46. The molecule has 0 aromatic heterocycles. The van der Waals surface area contributed by atoms with Gasteiger partial charge in [-0.3, -0.25) is 14.5 Å². The van der Waals surface area contributed by atoms with Crippen molar-refractivity contribution in [2.24, 2.45) is 0 Å². The number of rotatable bonds is 6.